The fourth-order valence-electron chi connectivity index (χ4n) is 3.33. The average Bonchev–Trinajstić information content (AvgIpc) is 3.19. The highest BCUT2D eigenvalue weighted by molar-refractivity contribution is 6.03. The number of aryl methyl sites for hydroxylation is 2. The zero-order valence-electron chi connectivity index (χ0n) is 17.0. The van der Waals surface area contributed by atoms with Crippen LogP contribution in [0, 0.1) is 6.92 Å². The lowest BCUT2D eigenvalue weighted by atomic mass is 10.1. The zero-order chi connectivity index (χ0) is 22.0. The van der Waals surface area contributed by atoms with Crippen molar-refractivity contribution in [3.05, 3.63) is 80.3 Å². The van der Waals surface area contributed by atoms with E-state index >= 15 is 0 Å². The van der Waals surface area contributed by atoms with E-state index in [0.717, 1.165) is 5.56 Å². The standard InChI is InChI=1S/C22H20N4O5/c1-3-9-26-19-18(20(27)24-22(26)29)16(11-17(23-19)14-7-5-4-6-8-14)21(28)30-12-15-10-13(2)31-25-15/h4-8,10-11H,3,9,12H2,1-2H3,(H,24,27,29). The summed E-state index contributed by atoms with van der Waals surface area (Å²) in [7, 11) is 0. The van der Waals surface area contributed by atoms with Crippen molar-refractivity contribution in [3.8, 4) is 11.3 Å². The van der Waals surface area contributed by atoms with Gasteiger partial charge in [0.1, 0.15) is 18.1 Å². The van der Waals surface area contributed by atoms with Gasteiger partial charge in [0, 0.05) is 18.2 Å². The van der Waals surface area contributed by atoms with Crippen molar-refractivity contribution < 1.29 is 14.1 Å². The van der Waals surface area contributed by atoms with Gasteiger partial charge >= 0.3 is 11.7 Å². The minimum absolute atomic E-state index is 0.00839. The van der Waals surface area contributed by atoms with Gasteiger partial charge in [-0.25, -0.2) is 14.6 Å². The number of esters is 1. The van der Waals surface area contributed by atoms with E-state index in [2.05, 4.69) is 15.1 Å². The number of hydrogen-bond donors (Lipinski definition) is 1. The van der Waals surface area contributed by atoms with E-state index in [1.54, 1.807) is 13.0 Å². The minimum Gasteiger partial charge on any atom is -0.455 e. The summed E-state index contributed by atoms with van der Waals surface area (Å²) in [5.41, 5.74) is 0.535. The van der Waals surface area contributed by atoms with Gasteiger partial charge in [-0.3, -0.25) is 14.3 Å². The average molecular weight is 420 g/mol. The number of pyridine rings is 1. The fourth-order valence-corrected chi connectivity index (χ4v) is 3.33. The Bertz CT molecular complexity index is 1370. The molecule has 0 bridgehead atoms. The molecule has 1 aromatic carbocycles. The van der Waals surface area contributed by atoms with Gasteiger partial charge in [-0.05, 0) is 19.4 Å². The molecule has 0 aliphatic carbocycles. The summed E-state index contributed by atoms with van der Waals surface area (Å²) in [6.07, 6.45) is 0.642. The lowest BCUT2D eigenvalue weighted by molar-refractivity contribution is 0.0466. The summed E-state index contributed by atoms with van der Waals surface area (Å²) in [6, 6.07) is 12.3. The van der Waals surface area contributed by atoms with Crippen molar-refractivity contribution in [3.63, 3.8) is 0 Å². The second-order valence-corrected chi connectivity index (χ2v) is 7.04. The normalized spacial score (nSPS) is 11.0. The number of ether oxygens (including phenoxy) is 1. The zero-order valence-corrected chi connectivity index (χ0v) is 17.0. The number of hydrogen-bond acceptors (Lipinski definition) is 7. The van der Waals surface area contributed by atoms with E-state index in [9.17, 15) is 14.4 Å². The molecule has 3 heterocycles. The van der Waals surface area contributed by atoms with Crippen LogP contribution in [0.3, 0.4) is 0 Å². The summed E-state index contributed by atoms with van der Waals surface area (Å²) >= 11 is 0. The number of aromatic amines is 1. The molecule has 0 spiro atoms. The molecule has 4 rings (SSSR count). The number of rotatable bonds is 6. The highest BCUT2D eigenvalue weighted by Gasteiger charge is 2.21. The first-order chi connectivity index (χ1) is 15.0. The Labute approximate surface area is 176 Å². The van der Waals surface area contributed by atoms with Crippen molar-refractivity contribution in [1.29, 1.82) is 0 Å². The summed E-state index contributed by atoms with van der Waals surface area (Å²) in [5.74, 6) is -0.135. The lowest BCUT2D eigenvalue weighted by Gasteiger charge is -2.13. The van der Waals surface area contributed by atoms with Crippen LogP contribution in [-0.4, -0.2) is 25.7 Å². The maximum atomic E-state index is 13.0. The largest absolute Gasteiger partial charge is 0.455 e. The van der Waals surface area contributed by atoms with Crippen molar-refractivity contribution in [2.45, 2.75) is 33.4 Å². The van der Waals surface area contributed by atoms with Gasteiger partial charge in [0.25, 0.3) is 5.56 Å². The number of nitrogens with zero attached hydrogens (tertiary/aromatic N) is 3. The van der Waals surface area contributed by atoms with Crippen molar-refractivity contribution >= 4 is 17.0 Å². The number of fused-ring (bicyclic) bond motifs is 1. The van der Waals surface area contributed by atoms with Gasteiger partial charge in [0.05, 0.1) is 16.6 Å². The molecule has 0 amide bonds. The maximum absolute atomic E-state index is 13.0. The van der Waals surface area contributed by atoms with Crippen molar-refractivity contribution in [1.82, 2.24) is 19.7 Å². The molecule has 0 radical (unpaired) electrons. The van der Waals surface area contributed by atoms with Gasteiger partial charge in [-0.2, -0.15) is 0 Å². The summed E-state index contributed by atoms with van der Waals surface area (Å²) < 4.78 is 11.7. The third kappa shape index (κ3) is 4.02. The predicted octanol–water partition coefficient (Wildman–Crippen LogP) is 2.82. The van der Waals surface area contributed by atoms with E-state index in [1.807, 2.05) is 37.3 Å². The first-order valence-corrected chi connectivity index (χ1v) is 9.80. The molecule has 4 aromatic rings. The Morgan fingerprint density at radius 2 is 1.97 bits per heavy atom. The van der Waals surface area contributed by atoms with Gasteiger partial charge in [-0.1, -0.05) is 42.4 Å². The van der Waals surface area contributed by atoms with E-state index in [1.165, 1.54) is 10.6 Å². The lowest BCUT2D eigenvalue weighted by Crippen LogP contribution is -2.32. The number of carbonyl (C=O) groups is 1. The van der Waals surface area contributed by atoms with Crippen LogP contribution in [0.2, 0.25) is 0 Å². The highest BCUT2D eigenvalue weighted by atomic mass is 16.5. The molecule has 1 N–H and O–H groups in total. The van der Waals surface area contributed by atoms with Crippen LogP contribution in [0.4, 0.5) is 0 Å². The summed E-state index contributed by atoms with van der Waals surface area (Å²) in [6.45, 7) is 3.85. The molecular formula is C22H20N4O5. The first kappa shape index (κ1) is 20.3. The SMILES string of the molecule is CCCn1c(=O)[nH]c(=O)c2c(C(=O)OCc3cc(C)on3)cc(-c3ccccc3)nc21. The smallest absolute Gasteiger partial charge is 0.339 e. The number of nitrogens with one attached hydrogen (secondary N) is 1. The van der Waals surface area contributed by atoms with Crippen LogP contribution in [0.1, 0.15) is 35.2 Å². The monoisotopic (exact) mass is 420 g/mol. The molecule has 0 aliphatic heterocycles. The molecule has 9 nitrogen and oxygen atoms in total. The Morgan fingerprint density at radius 1 is 1.19 bits per heavy atom. The van der Waals surface area contributed by atoms with Crippen LogP contribution in [-0.2, 0) is 17.9 Å². The highest BCUT2D eigenvalue weighted by Crippen LogP contribution is 2.23. The number of aromatic nitrogens is 4. The Balaban J connectivity index is 1.89. The third-order valence-corrected chi connectivity index (χ3v) is 4.71. The molecule has 3 aromatic heterocycles. The molecule has 31 heavy (non-hydrogen) atoms. The molecular weight excluding hydrogens is 400 g/mol. The van der Waals surface area contributed by atoms with E-state index < -0.39 is 17.2 Å². The van der Waals surface area contributed by atoms with Crippen LogP contribution in [0.5, 0.6) is 0 Å². The van der Waals surface area contributed by atoms with Crippen LogP contribution in [0.25, 0.3) is 22.3 Å². The van der Waals surface area contributed by atoms with Gasteiger partial charge < -0.3 is 9.26 Å². The van der Waals surface area contributed by atoms with Gasteiger partial charge in [0.2, 0.25) is 0 Å². The topological polar surface area (TPSA) is 120 Å². The molecule has 0 fully saturated rings. The molecule has 0 saturated heterocycles. The second-order valence-electron chi connectivity index (χ2n) is 7.04. The van der Waals surface area contributed by atoms with Crippen LogP contribution < -0.4 is 11.2 Å². The number of benzene rings is 1. The molecule has 0 aliphatic rings. The quantitative estimate of drug-likeness (QED) is 0.476. The second kappa shape index (κ2) is 8.39. The Hall–Kier alpha value is -4.01. The Morgan fingerprint density at radius 3 is 2.65 bits per heavy atom. The molecule has 0 unspecified atom stereocenters. The fraction of sp³-hybridized carbons (Fsp3) is 0.227. The maximum Gasteiger partial charge on any atom is 0.339 e. The van der Waals surface area contributed by atoms with Crippen molar-refractivity contribution in [2.24, 2.45) is 0 Å². The molecule has 158 valence electrons. The molecule has 0 saturated carbocycles. The minimum atomic E-state index is -0.725. The van der Waals surface area contributed by atoms with Gasteiger partial charge in [-0.15, -0.1) is 0 Å². The van der Waals surface area contributed by atoms with E-state index in [4.69, 9.17) is 9.26 Å². The third-order valence-electron chi connectivity index (χ3n) is 4.71. The van der Waals surface area contributed by atoms with Crippen LogP contribution in [0.15, 0.2) is 56.6 Å². The van der Waals surface area contributed by atoms with Crippen molar-refractivity contribution in [2.75, 3.05) is 0 Å². The summed E-state index contributed by atoms with van der Waals surface area (Å²) in [5, 5.41) is 3.81. The van der Waals surface area contributed by atoms with Crippen LogP contribution >= 0.6 is 0 Å². The molecule has 9 heteroatoms. The predicted molar refractivity (Wildman–Crippen MR) is 113 cm³/mol. The summed E-state index contributed by atoms with van der Waals surface area (Å²) in [4.78, 5) is 44.9. The number of carbonyl (C=O) groups excluding carboxylic acids is 1. The first-order valence-electron chi connectivity index (χ1n) is 9.80. The number of H-pyrrole nitrogens is 1. The Kier molecular flexibility index (Phi) is 5.48. The van der Waals surface area contributed by atoms with Gasteiger partial charge in [0.15, 0.2) is 5.65 Å². The van der Waals surface area contributed by atoms with E-state index in [-0.39, 0.29) is 23.2 Å². The van der Waals surface area contributed by atoms with E-state index in [0.29, 0.717) is 30.1 Å². The molecule has 0 atom stereocenters.